The molecule has 1 aromatic heterocycles. The van der Waals surface area contributed by atoms with E-state index in [9.17, 15) is 0 Å². The van der Waals surface area contributed by atoms with Crippen LogP contribution in [0.2, 0.25) is 5.02 Å². The molecule has 2 heterocycles. The number of rotatable bonds is 1. The quantitative estimate of drug-likeness (QED) is 0.687. The molecule has 1 aliphatic heterocycles. The molecule has 1 aromatic rings. The van der Waals surface area contributed by atoms with Crippen molar-refractivity contribution in [2.24, 2.45) is 0 Å². The summed E-state index contributed by atoms with van der Waals surface area (Å²) in [5, 5.41) is 0.704. The van der Waals surface area contributed by atoms with Gasteiger partial charge in [0.15, 0.2) is 0 Å². The smallest absolute Gasteiger partial charge is 0.128 e. The molecule has 1 atom stereocenters. The Hall–Kier alpha value is -0.760. The fourth-order valence-corrected chi connectivity index (χ4v) is 1.92. The van der Waals surface area contributed by atoms with Gasteiger partial charge in [-0.2, -0.15) is 0 Å². The van der Waals surface area contributed by atoms with Gasteiger partial charge in [0.25, 0.3) is 0 Å². The third-order valence-corrected chi connectivity index (χ3v) is 2.78. The van der Waals surface area contributed by atoms with Gasteiger partial charge < -0.3 is 4.90 Å². The summed E-state index contributed by atoms with van der Waals surface area (Å²) in [6.07, 6.45) is 4.25. The third kappa shape index (κ3) is 1.78. The number of anilines is 1. The number of hydrogen-bond donors (Lipinski definition) is 0. The summed E-state index contributed by atoms with van der Waals surface area (Å²) < 4.78 is 0. The molecular weight excluding hydrogens is 184 g/mol. The fourth-order valence-electron chi connectivity index (χ4n) is 1.81. The predicted octanol–water partition coefficient (Wildman–Crippen LogP) is 2.72. The van der Waals surface area contributed by atoms with Crippen LogP contribution in [0.5, 0.6) is 0 Å². The Kier molecular flexibility index (Phi) is 2.40. The van der Waals surface area contributed by atoms with Crippen LogP contribution >= 0.6 is 11.6 Å². The number of halogens is 1. The van der Waals surface area contributed by atoms with E-state index in [-0.39, 0.29) is 0 Å². The summed E-state index contributed by atoms with van der Waals surface area (Å²) in [5.41, 5.74) is 0. The monoisotopic (exact) mass is 196 g/mol. The van der Waals surface area contributed by atoms with Gasteiger partial charge in [0.05, 0.1) is 5.02 Å². The van der Waals surface area contributed by atoms with Crippen molar-refractivity contribution in [2.75, 3.05) is 11.4 Å². The second kappa shape index (κ2) is 3.54. The summed E-state index contributed by atoms with van der Waals surface area (Å²) in [6, 6.07) is 4.51. The van der Waals surface area contributed by atoms with Crippen molar-refractivity contribution in [1.29, 1.82) is 0 Å². The summed E-state index contributed by atoms with van der Waals surface area (Å²) in [5.74, 6) is 1.05. The largest absolute Gasteiger partial charge is 0.354 e. The maximum absolute atomic E-state index is 5.77. The molecule has 0 radical (unpaired) electrons. The minimum Gasteiger partial charge on any atom is -0.354 e. The lowest BCUT2D eigenvalue weighted by atomic mass is 10.2. The minimum atomic E-state index is 0.619. The summed E-state index contributed by atoms with van der Waals surface area (Å²) in [4.78, 5) is 6.63. The molecule has 1 unspecified atom stereocenters. The maximum Gasteiger partial charge on any atom is 0.128 e. The molecule has 3 heteroatoms. The number of hydrogen-bond acceptors (Lipinski definition) is 2. The van der Waals surface area contributed by atoms with Crippen molar-refractivity contribution < 1.29 is 0 Å². The lowest BCUT2D eigenvalue weighted by molar-refractivity contribution is 0.727. The molecular formula is C10H13ClN2. The average Bonchev–Trinajstić information content (AvgIpc) is 2.53. The van der Waals surface area contributed by atoms with Crippen LogP contribution in [-0.2, 0) is 0 Å². The number of aromatic nitrogens is 1. The Labute approximate surface area is 83.5 Å². The Bertz CT molecular complexity index is 283. The zero-order valence-corrected chi connectivity index (χ0v) is 8.46. The van der Waals surface area contributed by atoms with E-state index in [0.29, 0.717) is 11.1 Å². The Balaban J connectivity index is 2.20. The molecule has 0 amide bonds. The lowest BCUT2D eigenvalue weighted by Gasteiger charge is -2.22. The van der Waals surface area contributed by atoms with Gasteiger partial charge in [0, 0.05) is 18.8 Å². The third-order valence-electron chi connectivity index (χ3n) is 2.56. The number of pyridine rings is 1. The fraction of sp³-hybridized carbons (Fsp3) is 0.500. The standard InChI is InChI=1S/C10H13ClN2/c1-8-3-2-6-13(8)10-5-4-9(11)7-12-10/h4-5,7-8H,2-3,6H2,1H3. The molecule has 2 rings (SSSR count). The van der Waals surface area contributed by atoms with E-state index in [4.69, 9.17) is 11.6 Å². The molecule has 0 bridgehead atoms. The van der Waals surface area contributed by atoms with E-state index >= 15 is 0 Å². The molecule has 1 aliphatic rings. The number of nitrogens with zero attached hydrogens (tertiary/aromatic N) is 2. The van der Waals surface area contributed by atoms with Crippen LogP contribution in [0, 0.1) is 0 Å². The Morgan fingerprint density at radius 3 is 2.92 bits per heavy atom. The van der Waals surface area contributed by atoms with Crippen LogP contribution in [0.25, 0.3) is 0 Å². The van der Waals surface area contributed by atoms with Gasteiger partial charge in [-0.3, -0.25) is 0 Å². The van der Waals surface area contributed by atoms with Crippen LogP contribution in [-0.4, -0.2) is 17.6 Å². The highest BCUT2D eigenvalue weighted by Gasteiger charge is 2.20. The molecule has 0 N–H and O–H groups in total. The second-order valence-corrected chi connectivity index (χ2v) is 3.96. The van der Waals surface area contributed by atoms with Crippen LogP contribution in [0.3, 0.4) is 0 Å². The SMILES string of the molecule is CC1CCCN1c1ccc(Cl)cn1. The van der Waals surface area contributed by atoms with Gasteiger partial charge >= 0.3 is 0 Å². The first-order chi connectivity index (χ1) is 6.27. The highest BCUT2D eigenvalue weighted by Crippen LogP contribution is 2.23. The van der Waals surface area contributed by atoms with Gasteiger partial charge in [-0.15, -0.1) is 0 Å². The topological polar surface area (TPSA) is 16.1 Å². The van der Waals surface area contributed by atoms with E-state index in [1.165, 1.54) is 12.8 Å². The van der Waals surface area contributed by atoms with Gasteiger partial charge in [0.2, 0.25) is 0 Å². The lowest BCUT2D eigenvalue weighted by Crippen LogP contribution is -2.26. The van der Waals surface area contributed by atoms with Gasteiger partial charge in [-0.1, -0.05) is 11.6 Å². The van der Waals surface area contributed by atoms with E-state index < -0.39 is 0 Å². The van der Waals surface area contributed by atoms with Crippen molar-refractivity contribution in [2.45, 2.75) is 25.8 Å². The molecule has 0 spiro atoms. The zero-order chi connectivity index (χ0) is 9.26. The van der Waals surface area contributed by atoms with Crippen LogP contribution < -0.4 is 4.90 Å². The molecule has 0 saturated carbocycles. The molecule has 2 nitrogen and oxygen atoms in total. The van der Waals surface area contributed by atoms with Crippen molar-refractivity contribution in [3.63, 3.8) is 0 Å². The first kappa shape index (κ1) is 8.82. The molecule has 70 valence electrons. The Morgan fingerprint density at radius 2 is 2.38 bits per heavy atom. The maximum atomic E-state index is 5.77. The van der Waals surface area contributed by atoms with E-state index in [2.05, 4.69) is 16.8 Å². The van der Waals surface area contributed by atoms with Crippen molar-refractivity contribution in [1.82, 2.24) is 4.98 Å². The zero-order valence-electron chi connectivity index (χ0n) is 7.70. The summed E-state index contributed by atoms with van der Waals surface area (Å²) in [6.45, 7) is 3.36. The summed E-state index contributed by atoms with van der Waals surface area (Å²) >= 11 is 5.77. The van der Waals surface area contributed by atoms with Crippen molar-refractivity contribution in [3.05, 3.63) is 23.4 Å². The van der Waals surface area contributed by atoms with Crippen LogP contribution in [0.1, 0.15) is 19.8 Å². The van der Waals surface area contributed by atoms with Gasteiger partial charge in [0.1, 0.15) is 5.82 Å². The molecule has 0 aromatic carbocycles. The van der Waals surface area contributed by atoms with E-state index in [0.717, 1.165) is 12.4 Å². The van der Waals surface area contributed by atoms with Gasteiger partial charge in [-0.05, 0) is 31.9 Å². The average molecular weight is 197 g/mol. The van der Waals surface area contributed by atoms with E-state index in [1.807, 2.05) is 12.1 Å². The van der Waals surface area contributed by atoms with E-state index in [1.54, 1.807) is 6.20 Å². The van der Waals surface area contributed by atoms with Crippen LogP contribution in [0.4, 0.5) is 5.82 Å². The van der Waals surface area contributed by atoms with Gasteiger partial charge in [-0.25, -0.2) is 4.98 Å². The predicted molar refractivity (Wildman–Crippen MR) is 55.3 cm³/mol. The van der Waals surface area contributed by atoms with Crippen LogP contribution in [0.15, 0.2) is 18.3 Å². The second-order valence-electron chi connectivity index (χ2n) is 3.52. The molecule has 0 aliphatic carbocycles. The highest BCUT2D eigenvalue weighted by atomic mass is 35.5. The van der Waals surface area contributed by atoms with Crippen molar-refractivity contribution in [3.8, 4) is 0 Å². The molecule has 1 saturated heterocycles. The molecule has 13 heavy (non-hydrogen) atoms. The first-order valence-corrected chi connectivity index (χ1v) is 5.03. The molecule has 1 fully saturated rings. The highest BCUT2D eigenvalue weighted by molar-refractivity contribution is 6.30. The minimum absolute atomic E-state index is 0.619. The Morgan fingerprint density at radius 1 is 1.54 bits per heavy atom. The van der Waals surface area contributed by atoms with Crippen molar-refractivity contribution >= 4 is 17.4 Å². The summed E-state index contributed by atoms with van der Waals surface area (Å²) in [7, 11) is 0. The first-order valence-electron chi connectivity index (χ1n) is 4.65. The normalized spacial score (nSPS) is 22.3.